The molecule has 1 amide bonds. The molecule has 1 unspecified atom stereocenters. The Kier molecular flexibility index (Phi) is 6.57. The van der Waals surface area contributed by atoms with Crippen molar-refractivity contribution in [3.05, 3.63) is 0 Å². The second-order valence-electron chi connectivity index (χ2n) is 3.11. The predicted molar refractivity (Wildman–Crippen MR) is 51.6 cm³/mol. The Bertz CT molecular complexity index is 216. The number of Topliss-reactive ketones (excluding diaryl/α,β-unsaturated/α-hetero) is 1. The van der Waals surface area contributed by atoms with Gasteiger partial charge in [-0.25, -0.2) is 0 Å². The van der Waals surface area contributed by atoms with Crippen LogP contribution in [0.25, 0.3) is 0 Å². The molecule has 0 aromatic carbocycles. The Hall–Kier alpha value is -1.23. The maximum atomic E-state index is 10.8. The van der Waals surface area contributed by atoms with Crippen molar-refractivity contribution in [1.82, 2.24) is 5.32 Å². The van der Waals surface area contributed by atoms with E-state index in [0.29, 0.717) is 19.3 Å². The van der Waals surface area contributed by atoms with Gasteiger partial charge in [0.05, 0.1) is 6.04 Å². The molecule has 0 radical (unpaired) electrons. The maximum absolute atomic E-state index is 10.8. The van der Waals surface area contributed by atoms with E-state index in [9.17, 15) is 14.4 Å². The van der Waals surface area contributed by atoms with Gasteiger partial charge in [0, 0.05) is 13.5 Å². The standard InChI is InChI=1S/C9H16N2O3/c1-7(13)9(14)11-5-3-2-4-8(10)6-12/h6,8H,2-5,10H2,1H3,(H,11,14). The molecule has 0 spiro atoms. The summed E-state index contributed by atoms with van der Waals surface area (Å²) in [5, 5.41) is 2.46. The highest BCUT2D eigenvalue weighted by Crippen LogP contribution is 1.95. The van der Waals surface area contributed by atoms with E-state index >= 15 is 0 Å². The highest BCUT2D eigenvalue weighted by molar-refractivity contribution is 6.35. The molecule has 0 aromatic rings. The Morgan fingerprint density at radius 1 is 1.43 bits per heavy atom. The van der Waals surface area contributed by atoms with Crippen LogP contribution in [0.2, 0.25) is 0 Å². The summed E-state index contributed by atoms with van der Waals surface area (Å²) in [6.45, 7) is 1.67. The summed E-state index contributed by atoms with van der Waals surface area (Å²) < 4.78 is 0. The molecule has 1 atom stereocenters. The first-order valence-corrected chi connectivity index (χ1v) is 4.57. The molecule has 0 aliphatic heterocycles. The van der Waals surface area contributed by atoms with Gasteiger partial charge in [0.2, 0.25) is 5.78 Å². The predicted octanol–water partition coefficient (Wildman–Crippen LogP) is -0.612. The summed E-state index contributed by atoms with van der Waals surface area (Å²) in [5.74, 6) is -1.06. The highest BCUT2D eigenvalue weighted by Gasteiger charge is 2.05. The van der Waals surface area contributed by atoms with E-state index < -0.39 is 17.7 Å². The first-order valence-electron chi connectivity index (χ1n) is 4.57. The minimum atomic E-state index is -0.565. The number of hydrogen-bond donors (Lipinski definition) is 2. The molecular weight excluding hydrogens is 184 g/mol. The fourth-order valence-electron chi connectivity index (χ4n) is 0.899. The molecule has 3 N–H and O–H groups in total. The monoisotopic (exact) mass is 200 g/mol. The summed E-state index contributed by atoms with van der Waals surface area (Å²) in [7, 11) is 0. The van der Waals surface area contributed by atoms with Crippen LogP contribution >= 0.6 is 0 Å². The summed E-state index contributed by atoms with van der Waals surface area (Å²) in [6, 6.07) is -0.418. The van der Waals surface area contributed by atoms with Crippen molar-refractivity contribution in [3.63, 3.8) is 0 Å². The van der Waals surface area contributed by atoms with E-state index in [2.05, 4.69) is 5.32 Å². The molecule has 0 rings (SSSR count). The summed E-state index contributed by atoms with van der Waals surface area (Å²) in [4.78, 5) is 31.4. The molecule has 5 nitrogen and oxygen atoms in total. The van der Waals surface area contributed by atoms with Crippen LogP contribution in [0.3, 0.4) is 0 Å². The molecule has 80 valence electrons. The zero-order valence-corrected chi connectivity index (χ0v) is 8.29. The van der Waals surface area contributed by atoms with Crippen molar-refractivity contribution in [3.8, 4) is 0 Å². The quantitative estimate of drug-likeness (QED) is 0.326. The second kappa shape index (κ2) is 7.20. The van der Waals surface area contributed by atoms with E-state index in [0.717, 1.165) is 12.8 Å². The van der Waals surface area contributed by atoms with Crippen molar-refractivity contribution in [2.75, 3.05) is 6.54 Å². The van der Waals surface area contributed by atoms with Crippen LogP contribution in [0, 0.1) is 0 Å². The Morgan fingerprint density at radius 3 is 2.57 bits per heavy atom. The fraction of sp³-hybridized carbons (Fsp3) is 0.667. The lowest BCUT2D eigenvalue weighted by molar-refractivity contribution is -0.136. The molecule has 0 aliphatic carbocycles. The zero-order valence-electron chi connectivity index (χ0n) is 8.29. The van der Waals surface area contributed by atoms with E-state index in [4.69, 9.17) is 5.73 Å². The number of carbonyl (C=O) groups excluding carboxylic acids is 3. The van der Waals surface area contributed by atoms with Gasteiger partial charge in [-0.3, -0.25) is 9.59 Å². The number of amides is 1. The lowest BCUT2D eigenvalue weighted by Crippen LogP contribution is -2.30. The van der Waals surface area contributed by atoms with E-state index in [1.807, 2.05) is 0 Å². The number of unbranched alkanes of at least 4 members (excludes halogenated alkanes) is 1. The van der Waals surface area contributed by atoms with Crippen molar-refractivity contribution in [2.45, 2.75) is 32.2 Å². The number of ketones is 1. The van der Waals surface area contributed by atoms with Crippen molar-refractivity contribution in [2.24, 2.45) is 5.73 Å². The Balaban J connectivity index is 3.34. The molecule has 5 heteroatoms. The van der Waals surface area contributed by atoms with Crippen LogP contribution in [0.4, 0.5) is 0 Å². The number of rotatable bonds is 7. The molecule has 0 heterocycles. The van der Waals surface area contributed by atoms with Crippen LogP contribution in [0.15, 0.2) is 0 Å². The average molecular weight is 200 g/mol. The van der Waals surface area contributed by atoms with Gasteiger partial charge < -0.3 is 15.8 Å². The lowest BCUT2D eigenvalue weighted by atomic mass is 10.1. The number of nitrogens with two attached hydrogens (primary N) is 1. The minimum Gasteiger partial charge on any atom is -0.350 e. The third kappa shape index (κ3) is 6.30. The lowest BCUT2D eigenvalue weighted by Gasteiger charge is -2.04. The minimum absolute atomic E-state index is 0.418. The van der Waals surface area contributed by atoms with Crippen LogP contribution in [-0.4, -0.2) is 30.6 Å². The average Bonchev–Trinajstić information content (AvgIpc) is 2.16. The van der Waals surface area contributed by atoms with Crippen LogP contribution < -0.4 is 11.1 Å². The maximum Gasteiger partial charge on any atom is 0.287 e. The van der Waals surface area contributed by atoms with Crippen LogP contribution in [0.1, 0.15) is 26.2 Å². The van der Waals surface area contributed by atoms with Gasteiger partial charge in [0.1, 0.15) is 6.29 Å². The van der Waals surface area contributed by atoms with Gasteiger partial charge in [0.25, 0.3) is 5.91 Å². The highest BCUT2D eigenvalue weighted by atomic mass is 16.2. The van der Waals surface area contributed by atoms with Crippen LogP contribution in [-0.2, 0) is 14.4 Å². The fourth-order valence-corrected chi connectivity index (χ4v) is 0.899. The van der Waals surface area contributed by atoms with Crippen molar-refractivity contribution in [1.29, 1.82) is 0 Å². The van der Waals surface area contributed by atoms with E-state index in [-0.39, 0.29) is 0 Å². The number of aldehydes is 1. The molecule has 0 aromatic heterocycles. The molecule has 0 saturated carbocycles. The summed E-state index contributed by atoms with van der Waals surface area (Å²) in [5.41, 5.74) is 5.35. The molecule has 0 aliphatic rings. The molecule has 0 bridgehead atoms. The van der Waals surface area contributed by atoms with Gasteiger partial charge in [0.15, 0.2) is 0 Å². The zero-order chi connectivity index (χ0) is 11.0. The SMILES string of the molecule is CC(=O)C(=O)NCCCCC(N)C=O. The number of nitrogens with one attached hydrogen (secondary N) is 1. The Morgan fingerprint density at radius 2 is 2.07 bits per heavy atom. The third-order valence-corrected chi connectivity index (χ3v) is 1.74. The number of carbonyl (C=O) groups is 3. The van der Waals surface area contributed by atoms with Gasteiger partial charge in [-0.15, -0.1) is 0 Å². The third-order valence-electron chi connectivity index (χ3n) is 1.74. The van der Waals surface area contributed by atoms with Gasteiger partial charge in [-0.1, -0.05) is 0 Å². The molecular formula is C9H16N2O3. The van der Waals surface area contributed by atoms with E-state index in [1.165, 1.54) is 6.92 Å². The Labute approximate surface area is 83.0 Å². The first kappa shape index (κ1) is 12.8. The summed E-state index contributed by atoms with van der Waals surface area (Å²) >= 11 is 0. The largest absolute Gasteiger partial charge is 0.350 e. The first-order chi connectivity index (χ1) is 6.57. The van der Waals surface area contributed by atoms with Crippen molar-refractivity contribution < 1.29 is 14.4 Å². The summed E-state index contributed by atoms with van der Waals surface area (Å²) in [6.07, 6.45) is 2.80. The second-order valence-corrected chi connectivity index (χ2v) is 3.11. The molecule has 14 heavy (non-hydrogen) atoms. The topological polar surface area (TPSA) is 89.3 Å². The molecule has 0 saturated heterocycles. The smallest absolute Gasteiger partial charge is 0.287 e. The van der Waals surface area contributed by atoms with Gasteiger partial charge >= 0.3 is 0 Å². The normalized spacial score (nSPS) is 11.9. The van der Waals surface area contributed by atoms with Crippen LogP contribution in [0.5, 0.6) is 0 Å². The van der Waals surface area contributed by atoms with Gasteiger partial charge in [-0.2, -0.15) is 0 Å². The molecule has 0 fully saturated rings. The number of hydrogen-bond acceptors (Lipinski definition) is 4. The van der Waals surface area contributed by atoms with Gasteiger partial charge in [-0.05, 0) is 19.3 Å². The van der Waals surface area contributed by atoms with E-state index in [1.54, 1.807) is 0 Å². The van der Waals surface area contributed by atoms with Crippen molar-refractivity contribution >= 4 is 18.0 Å².